The van der Waals surface area contributed by atoms with Gasteiger partial charge in [0.25, 0.3) is 0 Å². The van der Waals surface area contributed by atoms with Crippen LogP contribution in [0.5, 0.6) is 0 Å². The van der Waals surface area contributed by atoms with Gasteiger partial charge in [-0.1, -0.05) is 13.8 Å². The second-order valence-corrected chi connectivity index (χ2v) is 9.16. The molecule has 1 atom stereocenters. The van der Waals surface area contributed by atoms with E-state index in [0.29, 0.717) is 38.1 Å². The summed E-state index contributed by atoms with van der Waals surface area (Å²) in [5.74, 6) is 1.71. The van der Waals surface area contributed by atoms with Crippen LogP contribution in [0.25, 0.3) is 0 Å². The highest BCUT2D eigenvalue weighted by Gasteiger charge is 2.52. The molecule has 3 fully saturated rings. The Kier molecular flexibility index (Phi) is 5.64. The quantitative estimate of drug-likeness (QED) is 0.766. The van der Waals surface area contributed by atoms with Gasteiger partial charge in [-0.15, -0.1) is 10.2 Å². The van der Waals surface area contributed by atoms with E-state index >= 15 is 0 Å². The van der Waals surface area contributed by atoms with E-state index in [0.717, 1.165) is 38.8 Å². The molecular weight excluding hydrogens is 372 g/mol. The van der Waals surface area contributed by atoms with Crippen LogP contribution >= 0.6 is 0 Å². The minimum absolute atomic E-state index is 0.0340. The van der Waals surface area contributed by atoms with Gasteiger partial charge in [-0.2, -0.15) is 0 Å². The molecule has 4 heterocycles. The molecule has 0 saturated carbocycles. The molecule has 8 nitrogen and oxygen atoms in total. The Morgan fingerprint density at radius 2 is 1.79 bits per heavy atom. The minimum atomic E-state index is -0.101. The smallest absolute Gasteiger partial charge is 0.225 e. The second kappa shape index (κ2) is 8.05. The lowest BCUT2D eigenvalue weighted by molar-refractivity contribution is -0.141. The number of piperidine rings is 1. The molecular formula is C21H32N4O4. The van der Waals surface area contributed by atoms with Crippen LogP contribution in [0.3, 0.4) is 0 Å². The monoisotopic (exact) mass is 404 g/mol. The van der Waals surface area contributed by atoms with Crippen molar-refractivity contribution in [3.8, 4) is 0 Å². The van der Waals surface area contributed by atoms with Crippen LogP contribution in [0, 0.1) is 24.2 Å². The first-order chi connectivity index (χ1) is 13.9. The Balaban J connectivity index is 1.50. The summed E-state index contributed by atoms with van der Waals surface area (Å²) in [5, 5.41) is 8.32. The van der Waals surface area contributed by atoms with Crippen molar-refractivity contribution in [2.75, 3.05) is 39.4 Å². The van der Waals surface area contributed by atoms with E-state index in [1.807, 2.05) is 23.6 Å². The predicted molar refractivity (Wildman–Crippen MR) is 105 cm³/mol. The zero-order valence-corrected chi connectivity index (χ0v) is 17.7. The number of rotatable bonds is 3. The average Bonchev–Trinajstić information content (AvgIpc) is 3.32. The summed E-state index contributed by atoms with van der Waals surface area (Å²) < 4.78 is 11.2. The SMILES string of the molecule is Cc1nnc(C2CN(C(=O)C(C)C)CC23CCN(C(=O)C2CCOCC2)CC3)o1. The number of carbonyl (C=O) groups excluding carboxylic acids is 2. The fourth-order valence-electron chi connectivity index (χ4n) is 5.18. The summed E-state index contributed by atoms with van der Waals surface area (Å²) in [5.41, 5.74) is -0.101. The molecule has 3 aliphatic rings. The molecule has 160 valence electrons. The Hall–Kier alpha value is -1.96. The number of nitrogens with zero attached hydrogens (tertiary/aromatic N) is 4. The van der Waals surface area contributed by atoms with Crippen molar-refractivity contribution in [3.63, 3.8) is 0 Å². The molecule has 4 rings (SSSR count). The molecule has 3 saturated heterocycles. The van der Waals surface area contributed by atoms with Crippen LogP contribution in [0.2, 0.25) is 0 Å². The topological polar surface area (TPSA) is 88.8 Å². The minimum Gasteiger partial charge on any atom is -0.425 e. The van der Waals surface area contributed by atoms with Crippen LogP contribution < -0.4 is 0 Å². The number of hydrogen-bond donors (Lipinski definition) is 0. The van der Waals surface area contributed by atoms with Gasteiger partial charge in [0.05, 0.1) is 5.92 Å². The molecule has 1 spiro atoms. The normalized spacial score (nSPS) is 25.2. The lowest BCUT2D eigenvalue weighted by Crippen LogP contribution is -2.48. The van der Waals surface area contributed by atoms with Crippen molar-refractivity contribution in [3.05, 3.63) is 11.8 Å². The zero-order valence-electron chi connectivity index (χ0n) is 17.7. The molecule has 8 heteroatoms. The highest BCUT2D eigenvalue weighted by Crippen LogP contribution is 2.50. The standard InChI is InChI=1S/C21H32N4O4/c1-14(2)19(26)25-12-17(18-23-22-15(3)29-18)21(13-25)6-8-24(9-7-21)20(27)16-4-10-28-11-5-16/h14,16-17H,4-13H2,1-3H3. The van der Waals surface area contributed by atoms with Crippen molar-refractivity contribution >= 4 is 11.8 Å². The van der Waals surface area contributed by atoms with Crippen molar-refractivity contribution < 1.29 is 18.7 Å². The average molecular weight is 405 g/mol. The van der Waals surface area contributed by atoms with Crippen LogP contribution in [0.1, 0.15) is 57.2 Å². The zero-order chi connectivity index (χ0) is 20.6. The molecule has 1 unspecified atom stereocenters. The summed E-state index contributed by atoms with van der Waals surface area (Å²) in [4.78, 5) is 29.6. The Morgan fingerprint density at radius 1 is 1.10 bits per heavy atom. The van der Waals surface area contributed by atoms with Gasteiger partial charge in [0.1, 0.15) is 0 Å². The lowest BCUT2D eigenvalue weighted by Gasteiger charge is -2.42. The van der Waals surface area contributed by atoms with E-state index in [1.54, 1.807) is 6.92 Å². The second-order valence-electron chi connectivity index (χ2n) is 9.16. The Morgan fingerprint density at radius 3 is 2.38 bits per heavy atom. The first-order valence-corrected chi connectivity index (χ1v) is 10.8. The molecule has 3 aliphatic heterocycles. The van der Waals surface area contributed by atoms with Gasteiger partial charge in [-0.3, -0.25) is 9.59 Å². The Bertz CT molecular complexity index is 748. The van der Waals surface area contributed by atoms with E-state index in [9.17, 15) is 9.59 Å². The Labute approximate surface area is 172 Å². The summed E-state index contributed by atoms with van der Waals surface area (Å²) >= 11 is 0. The van der Waals surface area contributed by atoms with Gasteiger partial charge in [0, 0.05) is 63.6 Å². The summed E-state index contributed by atoms with van der Waals surface area (Å²) in [6.45, 7) is 9.81. The molecule has 1 aromatic rings. The van der Waals surface area contributed by atoms with Gasteiger partial charge >= 0.3 is 0 Å². The number of aromatic nitrogens is 2. The maximum atomic E-state index is 12.9. The molecule has 0 aliphatic carbocycles. The van der Waals surface area contributed by atoms with Gasteiger partial charge in [0.2, 0.25) is 23.6 Å². The number of ether oxygens (including phenoxy) is 1. The van der Waals surface area contributed by atoms with Gasteiger partial charge in [-0.05, 0) is 25.7 Å². The molecule has 1 aromatic heterocycles. The fraction of sp³-hybridized carbons (Fsp3) is 0.810. The predicted octanol–water partition coefficient (Wildman–Crippen LogP) is 2.00. The summed E-state index contributed by atoms with van der Waals surface area (Å²) in [7, 11) is 0. The third-order valence-electron chi connectivity index (χ3n) is 6.93. The first kappa shape index (κ1) is 20.3. The molecule has 0 aromatic carbocycles. The van der Waals surface area contributed by atoms with Crippen LogP contribution in [-0.4, -0.2) is 71.2 Å². The lowest BCUT2D eigenvalue weighted by atomic mass is 9.70. The maximum absolute atomic E-state index is 12.9. The van der Waals surface area contributed by atoms with E-state index in [-0.39, 0.29) is 35.0 Å². The number of likely N-dealkylation sites (tertiary alicyclic amines) is 2. The van der Waals surface area contributed by atoms with Gasteiger partial charge < -0.3 is 19.0 Å². The largest absolute Gasteiger partial charge is 0.425 e. The van der Waals surface area contributed by atoms with E-state index < -0.39 is 0 Å². The molecule has 29 heavy (non-hydrogen) atoms. The summed E-state index contributed by atoms with van der Waals surface area (Å²) in [6, 6.07) is 0. The molecule has 0 bridgehead atoms. The van der Waals surface area contributed by atoms with E-state index in [1.165, 1.54) is 0 Å². The van der Waals surface area contributed by atoms with Gasteiger partial charge in [0.15, 0.2) is 0 Å². The van der Waals surface area contributed by atoms with Crippen LogP contribution in [-0.2, 0) is 14.3 Å². The maximum Gasteiger partial charge on any atom is 0.225 e. The number of hydrogen-bond acceptors (Lipinski definition) is 6. The van der Waals surface area contributed by atoms with Crippen molar-refractivity contribution in [1.82, 2.24) is 20.0 Å². The van der Waals surface area contributed by atoms with Crippen LogP contribution in [0.4, 0.5) is 0 Å². The molecule has 0 N–H and O–H groups in total. The first-order valence-electron chi connectivity index (χ1n) is 10.8. The van der Waals surface area contributed by atoms with Crippen molar-refractivity contribution in [2.45, 2.75) is 52.4 Å². The van der Waals surface area contributed by atoms with E-state index in [2.05, 4.69) is 10.2 Å². The third-order valence-corrected chi connectivity index (χ3v) is 6.93. The van der Waals surface area contributed by atoms with Crippen molar-refractivity contribution in [1.29, 1.82) is 0 Å². The highest BCUT2D eigenvalue weighted by molar-refractivity contribution is 5.79. The fourth-order valence-corrected chi connectivity index (χ4v) is 5.18. The number of carbonyl (C=O) groups is 2. The highest BCUT2D eigenvalue weighted by atomic mass is 16.5. The third kappa shape index (κ3) is 3.91. The number of aryl methyl sites for hydroxylation is 1. The summed E-state index contributed by atoms with van der Waals surface area (Å²) in [6.07, 6.45) is 3.36. The number of amides is 2. The van der Waals surface area contributed by atoms with Crippen LogP contribution in [0.15, 0.2) is 4.42 Å². The molecule has 0 radical (unpaired) electrons. The van der Waals surface area contributed by atoms with Crippen molar-refractivity contribution in [2.24, 2.45) is 17.3 Å². The van der Waals surface area contributed by atoms with Gasteiger partial charge in [-0.25, -0.2) is 0 Å². The molecule has 2 amide bonds. The van der Waals surface area contributed by atoms with E-state index in [4.69, 9.17) is 9.15 Å².